The van der Waals surface area contributed by atoms with Gasteiger partial charge in [0.1, 0.15) is 0 Å². The molecule has 6 heteroatoms. The molecule has 0 aromatic rings. The van der Waals surface area contributed by atoms with Crippen molar-refractivity contribution >= 4 is 10.3 Å². The van der Waals surface area contributed by atoms with E-state index in [1.807, 2.05) is 0 Å². The molecular formula is H3N2O3S-. The van der Waals surface area contributed by atoms with Crippen LogP contribution >= 0.6 is 0 Å². The third kappa shape index (κ3) is 3.83. The molecule has 38 valence electrons. The molecule has 0 aliphatic carbocycles. The fourth-order valence-corrected chi connectivity index (χ4v) is 0. The van der Waals surface area contributed by atoms with Crippen LogP contribution in [0.3, 0.4) is 0 Å². The SMILES string of the molecule is NNS(=O)(=O)[O-]. The van der Waals surface area contributed by atoms with Crippen LogP contribution in [0.4, 0.5) is 0 Å². The molecule has 0 heterocycles. The molecule has 0 unspecified atom stereocenters. The molecule has 5 nitrogen and oxygen atoms in total. The minimum atomic E-state index is -4.38. The lowest BCUT2D eigenvalue weighted by molar-refractivity contribution is 0.450. The molecule has 0 saturated carbocycles. The molecule has 0 aliphatic heterocycles. The average Bonchev–Trinajstić information content (AvgIpc) is 1.35. The highest BCUT2D eigenvalue weighted by Crippen LogP contribution is 1.58. The zero-order chi connectivity index (χ0) is 5.21. The highest BCUT2D eigenvalue weighted by Gasteiger charge is 1.77. The Balaban J connectivity index is 3.85. The maximum atomic E-state index is 9.21. The van der Waals surface area contributed by atoms with Gasteiger partial charge < -0.3 is 4.55 Å². The zero-order valence-electron chi connectivity index (χ0n) is 2.71. The fraction of sp³-hybridized carbons (Fsp3) is 0. The Bertz CT molecular complexity index is 111. The molecule has 0 atom stereocenters. The van der Waals surface area contributed by atoms with Crippen molar-refractivity contribution < 1.29 is 13.0 Å². The molecule has 0 spiro atoms. The maximum Gasteiger partial charge on any atom is 0.172 e. The summed E-state index contributed by atoms with van der Waals surface area (Å²) in [6.07, 6.45) is 0. The summed E-state index contributed by atoms with van der Waals surface area (Å²) < 4.78 is 27.6. The zero-order valence-corrected chi connectivity index (χ0v) is 3.53. The highest BCUT2D eigenvalue weighted by atomic mass is 32.2. The molecule has 0 aliphatic rings. The number of hydrogen-bond acceptors (Lipinski definition) is 4. The van der Waals surface area contributed by atoms with E-state index < -0.39 is 10.3 Å². The van der Waals surface area contributed by atoms with E-state index >= 15 is 0 Å². The van der Waals surface area contributed by atoms with Crippen molar-refractivity contribution in [2.75, 3.05) is 0 Å². The number of hydrogen-bond donors (Lipinski definition) is 2. The predicted molar refractivity (Wildman–Crippen MR) is 17.0 cm³/mol. The van der Waals surface area contributed by atoms with Crippen LogP contribution in [0.2, 0.25) is 0 Å². The molecule has 3 N–H and O–H groups in total. The molecule has 6 heavy (non-hydrogen) atoms. The minimum Gasteiger partial charge on any atom is -0.735 e. The van der Waals surface area contributed by atoms with Crippen molar-refractivity contribution in [2.45, 2.75) is 0 Å². The van der Waals surface area contributed by atoms with Crippen LogP contribution in [0.1, 0.15) is 0 Å². The Morgan fingerprint density at radius 1 is 1.67 bits per heavy atom. The van der Waals surface area contributed by atoms with Gasteiger partial charge in [0.15, 0.2) is 10.3 Å². The Morgan fingerprint density at radius 2 is 1.83 bits per heavy atom. The van der Waals surface area contributed by atoms with E-state index in [0.717, 1.165) is 4.83 Å². The lowest BCUT2D eigenvalue weighted by atomic mass is 13.0. The van der Waals surface area contributed by atoms with E-state index in [4.69, 9.17) is 0 Å². The molecule has 0 radical (unpaired) electrons. The van der Waals surface area contributed by atoms with Crippen molar-refractivity contribution in [2.24, 2.45) is 5.84 Å². The quantitative estimate of drug-likeness (QED) is 0.230. The first kappa shape index (κ1) is 5.83. The first-order chi connectivity index (χ1) is 2.56. The molecular weight excluding hydrogens is 108 g/mol. The first-order valence-corrected chi connectivity index (χ1v) is 2.40. The summed E-state index contributed by atoms with van der Waals surface area (Å²) in [7, 11) is -4.38. The molecule has 0 saturated heterocycles. The Labute approximate surface area is 35.0 Å². The van der Waals surface area contributed by atoms with E-state index in [1.165, 1.54) is 0 Å². The van der Waals surface area contributed by atoms with Crippen molar-refractivity contribution in [3.8, 4) is 0 Å². The maximum absolute atomic E-state index is 9.21. The van der Waals surface area contributed by atoms with Gasteiger partial charge in [0.05, 0.1) is 0 Å². The van der Waals surface area contributed by atoms with Crippen LogP contribution in [0.5, 0.6) is 0 Å². The second-order valence-electron chi connectivity index (χ2n) is 0.572. The normalized spacial score (nSPS) is 11.7. The van der Waals surface area contributed by atoms with E-state index in [-0.39, 0.29) is 0 Å². The van der Waals surface area contributed by atoms with Gasteiger partial charge in [0.25, 0.3) is 0 Å². The number of nitrogens with two attached hydrogens (primary N) is 1. The van der Waals surface area contributed by atoms with E-state index in [0.29, 0.717) is 0 Å². The van der Waals surface area contributed by atoms with Gasteiger partial charge in [-0.1, -0.05) is 0 Å². The van der Waals surface area contributed by atoms with Crippen LogP contribution < -0.4 is 10.7 Å². The predicted octanol–water partition coefficient (Wildman–Crippen LogP) is -2.09. The van der Waals surface area contributed by atoms with E-state index in [1.54, 1.807) is 0 Å². The number of hydrazine groups is 1. The standard InChI is InChI=1S/H4N2O3S/c1-2-6(3,4)5/h2H,1H2,(H,3,4,5)/p-1. The Morgan fingerprint density at radius 3 is 1.83 bits per heavy atom. The lowest BCUT2D eigenvalue weighted by Crippen LogP contribution is -2.29. The Hall–Kier alpha value is -0.170. The summed E-state index contributed by atoms with van der Waals surface area (Å²) >= 11 is 0. The van der Waals surface area contributed by atoms with Gasteiger partial charge in [0, 0.05) is 0 Å². The van der Waals surface area contributed by atoms with Gasteiger partial charge in [0.2, 0.25) is 0 Å². The highest BCUT2D eigenvalue weighted by molar-refractivity contribution is 7.83. The van der Waals surface area contributed by atoms with Crippen molar-refractivity contribution in [3.63, 3.8) is 0 Å². The molecule has 0 aromatic heterocycles. The third-order valence-electron chi connectivity index (χ3n) is 0.144. The molecule has 0 aromatic carbocycles. The topological polar surface area (TPSA) is 95.2 Å². The van der Waals surface area contributed by atoms with Gasteiger partial charge in [-0.15, -0.1) is 0 Å². The van der Waals surface area contributed by atoms with Crippen LogP contribution in [0.25, 0.3) is 0 Å². The molecule has 0 amide bonds. The summed E-state index contributed by atoms with van der Waals surface area (Å²) in [5, 5.41) is 0. The Kier molecular flexibility index (Phi) is 1.48. The smallest absolute Gasteiger partial charge is 0.172 e. The largest absolute Gasteiger partial charge is 0.735 e. The summed E-state index contributed by atoms with van der Waals surface area (Å²) in [6.45, 7) is 0. The minimum absolute atomic E-state index is 1.02. The van der Waals surface area contributed by atoms with Crippen LogP contribution in [-0.2, 0) is 10.3 Å². The van der Waals surface area contributed by atoms with Gasteiger partial charge in [-0.05, 0) is 0 Å². The van der Waals surface area contributed by atoms with Gasteiger partial charge in [-0.25, -0.2) is 8.42 Å². The molecule has 0 fully saturated rings. The first-order valence-electron chi connectivity index (χ1n) is 0.993. The second-order valence-corrected chi connectivity index (χ2v) is 1.72. The second kappa shape index (κ2) is 1.52. The summed E-state index contributed by atoms with van der Waals surface area (Å²) in [5.74, 6) is 4.16. The lowest BCUT2D eigenvalue weighted by Gasteiger charge is -1.99. The van der Waals surface area contributed by atoms with Gasteiger partial charge >= 0.3 is 0 Å². The number of nitrogens with one attached hydrogen (secondary N) is 1. The molecule has 0 rings (SSSR count). The summed E-state index contributed by atoms with van der Waals surface area (Å²) in [5.41, 5.74) is 0. The van der Waals surface area contributed by atoms with Crippen molar-refractivity contribution in [1.82, 2.24) is 4.83 Å². The third-order valence-corrected chi connectivity index (χ3v) is 0.433. The van der Waals surface area contributed by atoms with Crippen LogP contribution in [0, 0.1) is 0 Å². The average molecular weight is 111 g/mol. The van der Waals surface area contributed by atoms with Gasteiger partial charge in [-0.3, -0.25) is 5.84 Å². The van der Waals surface area contributed by atoms with Crippen LogP contribution in [-0.4, -0.2) is 13.0 Å². The van der Waals surface area contributed by atoms with Crippen molar-refractivity contribution in [3.05, 3.63) is 0 Å². The van der Waals surface area contributed by atoms with Gasteiger partial charge in [-0.2, -0.15) is 4.83 Å². The van der Waals surface area contributed by atoms with Crippen molar-refractivity contribution in [1.29, 1.82) is 0 Å². The van der Waals surface area contributed by atoms with Crippen LogP contribution in [0.15, 0.2) is 0 Å². The monoisotopic (exact) mass is 111 g/mol. The summed E-state index contributed by atoms with van der Waals surface area (Å²) in [6, 6.07) is 0. The fourth-order valence-electron chi connectivity index (χ4n) is 0. The van der Waals surface area contributed by atoms with E-state index in [2.05, 4.69) is 5.84 Å². The molecule has 0 bridgehead atoms. The number of rotatable bonds is 1. The summed E-state index contributed by atoms with van der Waals surface area (Å²) in [4.78, 5) is 1.02. The van der Waals surface area contributed by atoms with E-state index in [9.17, 15) is 13.0 Å².